The lowest BCUT2D eigenvalue weighted by atomic mass is 9.72. The Hall–Kier alpha value is -1.80. The molecule has 0 rings (SSSR count). The Bertz CT molecular complexity index is 577. The Morgan fingerprint density at radius 1 is 0.929 bits per heavy atom. The molecular weight excluding hydrogens is 381 g/mol. The summed E-state index contributed by atoms with van der Waals surface area (Å²) in [5.74, 6) is -2.60. The lowest BCUT2D eigenvalue weighted by Gasteiger charge is -2.35. The molecule has 6 nitrogen and oxygen atoms in total. The van der Waals surface area contributed by atoms with Gasteiger partial charge >= 0.3 is 24.1 Å². The standard InChI is InChI=1S/C19H31F3O6/c1-9-18(8,15(25)28-16(3,4)5)11-17(6,7)14(24)26-10-13(23)27-12(2)19(20,21)22/h12H,9-11H2,1-8H3. The predicted molar refractivity (Wildman–Crippen MR) is 95.2 cm³/mol. The van der Waals surface area contributed by atoms with Crippen LogP contribution in [0, 0.1) is 10.8 Å². The van der Waals surface area contributed by atoms with Crippen LogP contribution in [0.4, 0.5) is 13.2 Å². The van der Waals surface area contributed by atoms with Crippen LogP contribution >= 0.6 is 0 Å². The van der Waals surface area contributed by atoms with Crippen molar-refractivity contribution in [1.82, 2.24) is 0 Å². The van der Waals surface area contributed by atoms with Gasteiger partial charge in [-0.3, -0.25) is 9.59 Å². The van der Waals surface area contributed by atoms with Gasteiger partial charge in [0.15, 0.2) is 12.7 Å². The van der Waals surface area contributed by atoms with E-state index in [0.29, 0.717) is 13.3 Å². The minimum absolute atomic E-state index is 0.0677. The van der Waals surface area contributed by atoms with E-state index in [9.17, 15) is 27.6 Å². The molecule has 0 aliphatic rings. The van der Waals surface area contributed by atoms with Gasteiger partial charge in [0.05, 0.1) is 10.8 Å². The molecule has 9 heteroatoms. The largest absolute Gasteiger partial charge is 0.460 e. The van der Waals surface area contributed by atoms with Gasteiger partial charge in [-0.05, 0) is 61.3 Å². The Morgan fingerprint density at radius 3 is 1.82 bits per heavy atom. The summed E-state index contributed by atoms with van der Waals surface area (Å²) in [5, 5.41) is 0. The SMILES string of the molecule is CCC(C)(CC(C)(C)C(=O)OCC(=O)OC(C)C(F)(F)F)C(=O)OC(C)(C)C. The summed E-state index contributed by atoms with van der Waals surface area (Å²) >= 11 is 0. The van der Waals surface area contributed by atoms with Crippen molar-refractivity contribution >= 4 is 17.9 Å². The van der Waals surface area contributed by atoms with E-state index >= 15 is 0 Å². The Labute approximate surface area is 164 Å². The molecular formula is C19H31F3O6. The van der Waals surface area contributed by atoms with Gasteiger partial charge in [0.25, 0.3) is 0 Å². The van der Waals surface area contributed by atoms with Crippen LogP contribution in [0.5, 0.6) is 0 Å². The van der Waals surface area contributed by atoms with E-state index in [1.165, 1.54) is 13.8 Å². The lowest BCUT2D eigenvalue weighted by Crippen LogP contribution is -2.41. The maximum atomic E-state index is 12.5. The van der Waals surface area contributed by atoms with E-state index in [-0.39, 0.29) is 6.42 Å². The highest BCUT2D eigenvalue weighted by Crippen LogP contribution is 2.39. The zero-order valence-corrected chi connectivity index (χ0v) is 17.8. The molecule has 2 unspecified atom stereocenters. The molecule has 0 aliphatic heterocycles. The van der Waals surface area contributed by atoms with Crippen molar-refractivity contribution in [2.75, 3.05) is 6.61 Å². The maximum Gasteiger partial charge on any atom is 0.425 e. The molecule has 0 saturated carbocycles. The van der Waals surface area contributed by atoms with Crippen LogP contribution in [0.2, 0.25) is 0 Å². The van der Waals surface area contributed by atoms with Gasteiger partial charge in [-0.2, -0.15) is 13.2 Å². The number of halogens is 3. The third-order valence-corrected chi connectivity index (χ3v) is 4.15. The molecule has 0 fully saturated rings. The zero-order chi connectivity index (χ0) is 22.6. The summed E-state index contributed by atoms with van der Waals surface area (Å²) in [5.41, 5.74) is -2.87. The highest BCUT2D eigenvalue weighted by molar-refractivity contribution is 5.82. The second kappa shape index (κ2) is 9.13. The Kier molecular flexibility index (Phi) is 8.55. The second-order valence-electron chi connectivity index (χ2n) is 8.73. The van der Waals surface area contributed by atoms with E-state index in [0.717, 1.165) is 0 Å². The quantitative estimate of drug-likeness (QED) is 0.439. The van der Waals surface area contributed by atoms with Gasteiger partial charge in [0.1, 0.15) is 5.60 Å². The van der Waals surface area contributed by atoms with Crippen LogP contribution in [0.15, 0.2) is 0 Å². The molecule has 0 aromatic rings. The van der Waals surface area contributed by atoms with E-state index < -0.39 is 53.2 Å². The topological polar surface area (TPSA) is 78.9 Å². The highest BCUT2D eigenvalue weighted by Gasteiger charge is 2.44. The van der Waals surface area contributed by atoms with E-state index in [4.69, 9.17) is 9.47 Å². The first kappa shape index (κ1) is 26.2. The van der Waals surface area contributed by atoms with Gasteiger partial charge in [-0.15, -0.1) is 0 Å². The van der Waals surface area contributed by atoms with Crippen molar-refractivity contribution in [2.24, 2.45) is 10.8 Å². The Balaban J connectivity index is 4.97. The van der Waals surface area contributed by atoms with Crippen LogP contribution in [0.25, 0.3) is 0 Å². The number of alkyl halides is 3. The van der Waals surface area contributed by atoms with Crippen molar-refractivity contribution in [3.05, 3.63) is 0 Å². The summed E-state index contributed by atoms with van der Waals surface area (Å²) in [6.45, 7) is 11.4. The second-order valence-corrected chi connectivity index (χ2v) is 8.73. The first-order chi connectivity index (χ1) is 12.3. The fourth-order valence-electron chi connectivity index (χ4n) is 2.41. The molecule has 0 aromatic heterocycles. The molecule has 0 bridgehead atoms. The molecule has 0 aliphatic carbocycles. The molecule has 2 atom stereocenters. The van der Waals surface area contributed by atoms with Crippen molar-refractivity contribution in [3.63, 3.8) is 0 Å². The van der Waals surface area contributed by atoms with E-state index in [1.807, 2.05) is 0 Å². The van der Waals surface area contributed by atoms with Crippen LogP contribution < -0.4 is 0 Å². The van der Waals surface area contributed by atoms with Crippen LogP contribution in [-0.2, 0) is 28.6 Å². The fourth-order valence-corrected chi connectivity index (χ4v) is 2.41. The summed E-state index contributed by atoms with van der Waals surface area (Å²) in [7, 11) is 0. The first-order valence-electron chi connectivity index (χ1n) is 9.01. The number of carbonyl (C=O) groups is 3. The fraction of sp³-hybridized carbons (Fsp3) is 0.842. The minimum atomic E-state index is -4.70. The maximum absolute atomic E-state index is 12.5. The van der Waals surface area contributed by atoms with Crippen LogP contribution in [-0.4, -0.2) is 42.4 Å². The molecule has 164 valence electrons. The monoisotopic (exact) mass is 412 g/mol. The Morgan fingerprint density at radius 2 is 1.43 bits per heavy atom. The van der Waals surface area contributed by atoms with Gasteiger partial charge in [-0.25, -0.2) is 4.79 Å². The normalized spacial score (nSPS) is 16.0. The van der Waals surface area contributed by atoms with E-state index in [2.05, 4.69) is 4.74 Å². The number of hydrogen-bond acceptors (Lipinski definition) is 6. The van der Waals surface area contributed by atoms with Crippen molar-refractivity contribution in [1.29, 1.82) is 0 Å². The summed E-state index contributed by atoms with van der Waals surface area (Å²) in [4.78, 5) is 36.4. The smallest absolute Gasteiger partial charge is 0.425 e. The van der Waals surface area contributed by atoms with Gasteiger partial charge in [0, 0.05) is 0 Å². The van der Waals surface area contributed by atoms with Crippen molar-refractivity contribution in [3.8, 4) is 0 Å². The number of rotatable bonds is 8. The van der Waals surface area contributed by atoms with Gasteiger partial charge in [-0.1, -0.05) is 6.92 Å². The molecule has 0 radical (unpaired) electrons. The highest BCUT2D eigenvalue weighted by atomic mass is 19.4. The molecule has 0 aromatic carbocycles. The van der Waals surface area contributed by atoms with E-state index in [1.54, 1.807) is 34.6 Å². The molecule has 0 saturated heterocycles. The van der Waals surface area contributed by atoms with Gasteiger partial charge in [0.2, 0.25) is 0 Å². The number of carbonyl (C=O) groups excluding carboxylic acids is 3. The number of esters is 3. The lowest BCUT2D eigenvalue weighted by molar-refractivity contribution is -0.218. The molecule has 0 N–H and O–H groups in total. The zero-order valence-electron chi connectivity index (χ0n) is 17.8. The van der Waals surface area contributed by atoms with Gasteiger partial charge < -0.3 is 14.2 Å². The van der Waals surface area contributed by atoms with Crippen molar-refractivity contribution < 1.29 is 41.8 Å². The average Bonchev–Trinajstić information content (AvgIpc) is 2.49. The number of hydrogen-bond donors (Lipinski definition) is 0. The first-order valence-corrected chi connectivity index (χ1v) is 9.01. The molecule has 0 spiro atoms. The average molecular weight is 412 g/mol. The number of ether oxygens (including phenoxy) is 3. The summed E-state index contributed by atoms with van der Waals surface area (Å²) in [6.07, 6.45) is -6.54. The molecule has 28 heavy (non-hydrogen) atoms. The van der Waals surface area contributed by atoms with Crippen LogP contribution in [0.1, 0.15) is 68.2 Å². The third kappa shape index (κ3) is 8.48. The summed E-state index contributed by atoms with van der Waals surface area (Å²) in [6, 6.07) is 0. The van der Waals surface area contributed by atoms with Crippen LogP contribution in [0.3, 0.4) is 0 Å². The minimum Gasteiger partial charge on any atom is -0.460 e. The van der Waals surface area contributed by atoms with Crippen molar-refractivity contribution in [2.45, 2.75) is 86.1 Å². The predicted octanol–water partition coefficient (Wildman–Crippen LogP) is 4.20. The molecule has 0 amide bonds. The third-order valence-electron chi connectivity index (χ3n) is 4.15. The summed E-state index contributed by atoms with van der Waals surface area (Å²) < 4.78 is 51.6. The molecule has 0 heterocycles.